The number of aliphatic imine (C=N–C) groups is 1. The van der Waals surface area contributed by atoms with Crippen molar-refractivity contribution in [3.63, 3.8) is 0 Å². The molecule has 0 aromatic heterocycles. The number of nitrogens with one attached hydrogen (secondary N) is 2. The molecular weight excluding hydrogens is 442 g/mol. The quantitative estimate of drug-likeness (QED) is 0.369. The first-order valence-electron chi connectivity index (χ1n) is 11.5. The lowest BCUT2D eigenvalue weighted by atomic mass is 9.98. The van der Waals surface area contributed by atoms with Crippen LogP contribution in [0, 0.1) is 5.92 Å². The van der Waals surface area contributed by atoms with Crippen LogP contribution in [0.2, 0.25) is 0 Å². The van der Waals surface area contributed by atoms with Crippen molar-refractivity contribution in [2.75, 3.05) is 6.61 Å². The Morgan fingerprint density at radius 3 is 2.03 bits per heavy atom. The standard InChI is InChI=1S/C28H27N3O4/c1-18(2)25(27(33)31-26(29-17-32)19-10-4-3-5-11-19)30-28(34)35-16-24-22-14-8-6-12-20(22)21-13-7-9-15-23(21)24/h3-15,18,24-26H,16H2,1-2H3,(H,30,34)(H,31,33)/t25-,26-/m0/s1. The van der Waals surface area contributed by atoms with Crippen LogP contribution in [-0.2, 0) is 14.3 Å². The molecule has 178 valence electrons. The molecule has 0 saturated heterocycles. The molecule has 2 amide bonds. The van der Waals surface area contributed by atoms with E-state index in [9.17, 15) is 14.4 Å². The molecule has 7 nitrogen and oxygen atoms in total. The van der Waals surface area contributed by atoms with Gasteiger partial charge in [0.15, 0.2) is 6.17 Å². The van der Waals surface area contributed by atoms with Gasteiger partial charge >= 0.3 is 6.09 Å². The highest BCUT2D eigenvalue weighted by molar-refractivity contribution is 5.86. The van der Waals surface area contributed by atoms with E-state index >= 15 is 0 Å². The number of amides is 2. The Labute approximate surface area is 204 Å². The van der Waals surface area contributed by atoms with E-state index < -0.39 is 24.2 Å². The number of carbonyl (C=O) groups is 2. The molecule has 4 rings (SSSR count). The van der Waals surface area contributed by atoms with Crippen LogP contribution >= 0.6 is 0 Å². The van der Waals surface area contributed by atoms with E-state index in [1.54, 1.807) is 24.3 Å². The fraction of sp³-hybridized carbons (Fsp3) is 0.250. The van der Waals surface area contributed by atoms with Crippen molar-refractivity contribution in [2.24, 2.45) is 10.9 Å². The van der Waals surface area contributed by atoms with Crippen LogP contribution in [0.25, 0.3) is 11.1 Å². The molecule has 0 fully saturated rings. The third-order valence-electron chi connectivity index (χ3n) is 6.14. The van der Waals surface area contributed by atoms with Gasteiger partial charge in [-0.2, -0.15) is 4.99 Å². The first-order chi connectivity index (χ1) is 17.0. The third kappa shape index (κ3) is 5.31. The van der Waals surface area contributed by atoms with Gasteiger partial charge in [0.25, 0.3) is 0 Å². The van der Waals surface area contributed by atoms with Gasteiger partial charge in [-0.25, -0.2) is 9.59 Å². The highest BCUT2D eigenvalue weighted by Crippen LogP contribution is 2.44. The number of nitrogens with zero attached hydrogens (tertiary/aromatic N) is 1. The summed E-state index contributed by atoms with van der Waals surface area (Å²) in [4.78, 5) is 40.3. The second-order valence-corrected chi connectivity index (χ2v) is 8.73. The summed E-state index contributed by atoms with van der Waals surface area (Å²) in [6, 6.07) is 24.2. The summed E-state index contributed by atoms with van der Waals surface area (Å²) in [5, 5.41) is 5.38. The van der Waals surface area contributed by atoms with Crippen LogP contribution in [0.3, 0.4) is 0 Å². The topological polar surface area (TPSA) is 96.9 Å². The van der Waals surface area contributed by atoms with Gasteiger partial charge in [-0.15, -0.1) is 0 Å². The van der Waals surface area contributed by atoms with Crippen LogP contribution in [0.4, 0.5) is 4.79 Å². The lowest BCUT2D eigenvalue weighted by Crippen LogP contribution is -2.50. The minimum Gasteiger partial charge on any atom is -0.449 e. The Bertz CT molecular complexity index is 1210. The molecule has 0 unspecified atom stereocenters. The summed E-state index contributed by atoms with van der Waals surface area (Å²) < 4.78 is 5.59. The molecule has 2 N–H and O–H groups in total. The van der Waals surface area contributed by atoms with Gasteiger partial charge in [-0.1, -0.05) is 92.7 Å². The Hall–Kier alpha value is -4.22. The Morgan fingerprint density at radius 1 is 0.886 bits per heavy atom. The molecule has 35 heavy (non-hydrogen) atoms. The molecule has 1 aliphatic carbocycles. The van der Waals surface area contributed by atoms with Crippen LogP contribution in [0.1, 0.15) is 42.6 Å². The molecule has 1 aliphatic rings. The summed E-state index contributed by atoms with van der Waals surface area (Å²) in [6.45, 7) is 3.78. The van der Waals surface area contributed by atoms with Gasteiger partial charge in [0.1, 0.15) is 12.6 Å². The van der Waals surface area contributed by atoms with Crippen molar-refractivity contribution < 1.29 is 19.1 Å². The molecule has 7 heteroatoms. The Morgan fingerprint density at radius 2 is 1.46 bits per heavy atom. The number of hydrogen-bond acceptors (Lipinski definition) is 5. The second kappa shape index (κ2) is 10.8. The van der Waals surface area contributed by atoms with Crippen molar-refractivity contribution in [2.45, 2.75) is 32.0 Å². The number of hydrogen-bond donors (Lipinski definition) is 2. The van der Waals surface area contributed by atoms with E-state index in [1.807, 2.05) is 56.3 Å². The molecule has 3 aromatic rings. The molecule has 0 radical (unpaired) electrons. The summed E-state index contributed by atoms with van der Waals surface area (Å²) in [5.74, 6) is -0.780. The number of carbonyl (C=O) groups excluding carboxylic acids is 3. The fourth-order valence-corrected chi connectivity index (χ4v) is 4.40. The minimum atomic E-state index is -0.897. The normalized spacial score (nSPS) is 13.7. The largest absolute Gasteiger partial charge is 0.449 e. The zero-order chi connectivity index (χ0) is 24.8. The van der Waals surface area contributed by atoms with Gasteiger partial charge in [0.05, 0.1) is 0 Å². The number of benzene rings is 3. The minimum absolute atomic E-state index is 0.0798. The smallest absolute Gasteiger partial charge is 0.407 e. The Balaban J connectivity index is 1.42. The first-order valence-corrected chi connectivity index (χ1v) is 11.5. The molecule has 0 bridgehead atoms. The molecule has 0 spiro atoms. The predicted molar refractivity (Wildman–Crippen MR) is 132 cm³/mol. The fourth-order valence-electron chi connectivity index (χ4n) is 4.40. The highest BCUT2D eigenvalue weighted by Gasteiger charge is 2.31. The Kier molecular flexibility index (Phi) is 7.38. The summed E-state index contributed by atoms with van der Waals surface area (Å²) in [6.07, 6.45) is -0.0843. The maximum atomic E-state index is 13.0. The number of isocyanates is 1. The molecule has 3 aromatic carbocycles. The molecule has 0 aliphatic heterocycles. The zero-order valence-corrected chi connectivity index (χ0v) is 19.6. The maximum Gasteiger partial charge on any atom is 0.407 e. The number of rotatable bonds is 8. The van der Waals surface area contributed by atoms with Gasteiger partial charge < -0.3 is 15.4 Å². The van der Waals surface area contributed by atoms with Crippen LogP contribution in [-0.4, -0.2) is 30.7 Å². The lowest BCUT2D eigenvalue weighted by molar-refractivity contribution is -0.124. The van der Waals surface area contributed by atoms with Crippen LogP contribution in [0.15, 0.2) is 83.9 Å². The summed E-state index contributed by atoms with van der Waals surface area (Å²) in [7, 11) is 0. The maximum absolute atomic E-state index is 13.0. The molecular formula is C28H27N3O4. The van der Waals surface area contributed by atoms with Crippen molar-refractivity contribution in [1.82, 2.24) is 10.6 Å². The van der Waals surface area contributed by atoms with Crippen LogP contribution < -0.4 is 10.6 Å². The second-order valence-electron chi connectivity index (χ2n) is 8.73. The predicted octanol–water partition coefficient (Wildman–Crippen LogP) is 4.70. The monoisotopic (exact) mass is 469 g/mol. The van der Waals surface area contributed by atoms with E-state index in [0.717, 1.165) is 22.3 Å². The van der Waals surface area contributed by atoms with Gasteiger partial charge in [0.2, 0.25) is 12.0 Å². The van der Waals surface area contributed by atoms with E-state index in [-0.39, 0.29) is 18.4 Å². The van der Waals surface area contributed by atoms with Crippen LogP contribution in [0.5, 0.6) is 0 Å². The van der Waals surface area contributed by atoms with E-state index in [2.05, 4.69) is 27.8 Å². The van der Waals surface area contributed by atoms with Crippen molar-refractivity contribution >= 4 is 18.1 Å². The SMILES string of the molecule is CC(C)[C@H](NC(=O)OCC1c2ccccc2-c2ccccc21)C(=O)N[C@H](N=C=O)c1ccccc1. The van der Waals surface area contributed by atoms with Gasteiger partial charge in [-0.05, 0) is 33.7 Å². The van der Waals surface area contributed by atoms with Gasteiger partial charge in [-0.3, -0.25) is 4.79 Å². The summed E-state index contributed by atoms with van der Waals surface area (Å²) >= 11 is 0. The average Bonchev–Trinajstić information content (AvgIpc) is 3.19. The summed E-state index contributed by atoms with van der Waals surface area (Å²) in [5.41, 5.74) is 5.13. The van der Waals surface area contributed by atoms with Crippen molar-refractivity contribution in [1.29, 1.82) is 0 Å². The molecule has 0 saturated carbocycles. The molecule has 2 atom stereocenters. The number of alkyl carbamates (subject to hydrolysis) is 1. The first kappa shape index (κ1) is 23.9. The van der Waals surface area contributed by atoms with E-state index in [0.29, 0.717) is 5.56 Å². The van der Waals surface area contributed by atoms with Crippen molar-refractivity contribution in [3.05, 3.63) is 95.6 Å². The van der Waals surface area contributed by atoms with Gasteiger partial charge in [0, 0.05) is 5.92 Å². The lowest BCUT2D eigenvalue weighted by Gasteiger charge is -2.24. The highest BCUT2D eigenvalue weighted by atomic mass is 16.5. The number of ether oxygens (including phenoxy) is 1. The van der Waals surface area contributed by atoms with E-state index in [4.69, 9.17) is 4.74 Å². The zero-order valence-electron chi connectivity index (χ0n) is 19.6. The molecule has 0 heterocycles. The average molecular weight is 470 g/mol. The third-order valence-corrected chi connectivity index (χ3v) is 6.14. The number of fused-ring (bicyclic) bond motifs is 3. The van der Waals surface area contributed by atoms with E-state index in [1.165, 1.54) is 6.08 Å². The van der Waals surface area contributed by atoms with Crippen molar-refractivity contribution in [3.8, 4) is 11.1 Å².